The highest BCUT2D eigenvalue weighted by atomic mass is 16.5. The van der Waals surface area contributed by atoms with E-state index in [1.807, 2.05) is 48.5 Å². The molecule has 0 saturated heterocycles. The maximum atomic E-state index is 12.2. The van der Waals surface area contributed by atoms with Crippen LogP contribution in [0.15, 0.2) is 65.2 Å². The van der Waals surface area contributed by atoms with Crippen LogP contribution in [0.1, 0.15) is 30.5 Å². The fourth-order valence-corrected chi connectivity index (χ4v) is 3.87. The van der Waals surface area contributed by atoms with E-state index in [4.69, 9.17) is 9.26 Å². The lowest BCUT2D eigenvalue weighted by molar-refractivity contribution is -0.139. The van der Waals surface area contributed by atoms with Gasteiger partial charge in [0.05, 0.1) is 6.61 Å². The number of carbonyl (C=O) groups excluding carboxylic acids is 1. The number of aryl methyl sites for hydroxylation is 1. The third kappa shape index (κ3) is 4.26. The third-order valence-corrected chi connectivity index (χ3v) is 6.24. The van der Waals surface area contributed by atoms with Crippen LogP contribution < -0.4 is 5.32 Å². The summed E-state index contributed by atoms with van der Waals surface area (Å²) in [4.78, 5) is 23.7. The Bertz CT molecular complexity index is 1210. The van der Waals surface area contributed by atoms with Gasteiger partial charge >= 0.3 is 12.1 Å². The number of benzene rings is 2. The third-order valence-electron chi connectivity index (χ3n) is 6.24. The van der Waals surface area contributed by atoms with E-state index in [-0.39, 0.29) is 0 Å². The molecule has 2 aromatic carbocycles. The molecule has 1 amide bonds. The minimum Gasteiger partial charge on any atom is -0.480 e. The number of anilines is 1. The van der Waals surface area contributed by atoms with Gasteiger partial charge in [-0.1, -0.05) is 78.7 Å². The topological polar surface area (TPSA) is 102 Å². The molecular formula is C26H24N2O5. The Morgan fingerprint density at radius 2 is 1.67 bits per heavy atom. The van der Waals surface area contributed by atoms with Crippen molar-refractivity contribution in [2.24, 2.45) is 5.92 Å². The molecule has 2 aliphatic carbocycles. The van der Waals surface area contributed by atoms with Crippen LogP contribution in [0, 0.1) is 12.8 Å². The van der Waals surface area contributed by atoms with Crippen molar-refractivity contribution in [1.82, 2.24) is 5.16 Å². The second-order valence-electron chi connectivity index (χ2n) is 8.63. The number of aliphatic carboxylic acids is 1. The van der Waals surface area contributed by atoms with E-state index in [1.165, 1.54) is 12.8 Å². The van der Waals surface area contributed by atoms with Gasteiger partial charge in [-0.05, 0) is 36.0 Å². The maximum absolute atomic E-state index is 12.2. The number of ether oxygens (including phenoxy) is 1. The fraction of sp³-hybridized carbons (Fsp3) is 0.269. The average Bonchev–Trinajstić information content (AvgIpc) is 3.74. The number of nitrogens with zero attached hydrogens (tertiary/aromatic N) is 1. The lowest BCUT2D eigenvalue weighted by Crippen LogP contribution is -2.21. The van der Waals surface area contributed by atoms with E-state index in [0.717, 1.165) is 28.7 Å². The summed E-state index contributed by atoms with van der Waals surface area (Å²) < 4.78 is 10.8. The van der Waals surface area contributed by atoms with Crippen LogP contribution in [0.4, 0.5) is 10.5 Å². The van der Waals surface area contributed by atoms with Crippen LogP contribution in [0.5, 0.6) is 0 Å². The lowest BCUT2D eigenvalue weighted by atomic mass is 9.92. The quantitative estimate of drug-likeness (QED) is 0.441. The molecule has 1 saturated carbocycles. The van der Waals surface area contributed by atoms with Crippen molar-refractivity contribution < 1.29 is 24.0 Å². The second kappa shape index (κ2) is 8.24. The Kier molecular flexibility index (Phi) is 5.24. The molecule has 0 spiro atoms. The molecule has 1 fully saturated rings. The lowest BCUT2D eigenvalue weighted by Gasteiger charge is -2.12. The van der Waals surface area contributed by atoms with Crippen LogP contribution in [0.3, 0.4) is 0 Å². The largest absolute Gasteiger partial charge is 0.480 e. The zero-order chi connectivity index (χ0) is 23.0. The van der Waals surface area contributed by atoms with Crippen LogP contribution in [0.2, 0.25) is 0 Å². The number of hydrogen-bond acceptors (Lipinski definition) is 5. The van der Waals surface area contributed by atoms with Crippen molar-refractivity contribution in [1.29, 1.82) is 0 Å². The van der Waals surface area contributed by atoms with Crippen molar-refractivity contribution in [3.8, 4) is 22.5 Å². The molecule has 2 aliphatic rings. The summed E-state index contributed by atoms with van der Waals surface area (Å²) in [6, 6.07) is 15.2. The minimum atomic E-state index is -0.949. The fourth-order valence-electron chi connectivity index (χ4n) is 3.87. The summed E-state index contributed by atoms with van der Waals surface area (Å²) in [6.45, 7) is 2.18. The first kappa shape index (κ1) is 21.0. The van der Waals surface area contributed by atoms with Crippen LogP contribution >= 0.6 is 0 Å². The molecule has 0 atom stereocenters. The summed E-state index contributed by atoms with van der Waals surface area (Å²) in [5, 5.41) is 16.2. The Balaban J connectivity index is 1.29. The zero-order valence-electron chi connectivity index (χ0n) is 18.2. The number of amides is 1. The first-order valence-electron chi connectivity index (χ1n) is 11.0. The van der Waals surface area contributed by atoms with Gasteiger partial charge in [0.25, 0.3) is 0 Å². The van der Waals surface area contributed by atoms with Gasteiger partial charge in [-0.3, -0.25) is 10.1 Å². The van der Waals surface area contributed by atoms with Crippen LogP contribution in [-0.4, -0.2) is 28.9 Å². The molecular weight excluding hydrogens is 420 g/mol. The average molecular weight is 444 g/mol. The molecule has 0 unspecified atom stereocenters. The minimum absolute atomic E-state index is 0.410. The van der Waals surface area contributed by atoms with Gasteiger partial charge in [-0.25, -0.2) is 4.79 Å². The number of carboxylic acid groups (broad SMARTS) is 1. The standard InChI is InChI=1S/C26H24N2O5/c1-16-22(27-25(31)32-15-12-17-2-3-17)23(33-28-16)20-6-4-18(5-7-20)19-8-10-21(11-9-19)26(13-14-26)24(29)30/h4-11,13-14,17H,2-3,12,15H2,1H3,(H,27,31)(H,29,30). The van der Waals surface area contributed by atoms with Gasteiger partial charge in [0, 0.05) is 5.56 Å². The summed E-state index contributed by atoms with van der Waals surface area (Å²) in [6.07, 6.45) is 6.21. The molecule has 3 aromatic rings. The normalized spacial score (nSPS) is 15.8. The predicted octanol–water partition coefficient (Wildman–Crippen LogP) is 5.56. The first-order valence-corrected chi connectivity index (χ1v) is 11.0. The summed E-state index contributed by atoms with van der Waals surface area (Å²) in [7, 11) is 0. The van der Waals surface area contributed by atoms with Gasteiger partial charge in [-0.2, -0.15) is 0 Å². The molecule has 7 nitrogen and oxygen atoms in total. The number of hydrogen-bond donors (Lipinski definition) is 2. The van der Waals surface area contributed by atoms with E-state index in [0.29, 0.717) is 29.7 Å². The molecule has 0 bridgehead atoms. The highest BCUT2D eigenvalue weighted by Crippen LogP contribution is 2.40. The van der Waals surface area contributed by atoms with Gasteiger partial charge in [0.15, 0.2) is 5.76 Å². The predicted molar refractivity (Wildman–Crippen MR) is 123 cm³/mol. The van der Waals surface area contributed by atoms with Gasteiger partial charge in [0.2, 0.25) is 0 Å². The molecule has 33 heavy (non-hydrogen) atoms. The number of carbonyl (C=O) groups is 2. The van der Waals surface area contributed by atoms with Crippen molar-refractivity contribution in [3.63, 3.8) is 0 Å². The maximum Gasteiger partial charge on any atom is 0.411 e. The van der Waals surface area contributed by atoms with Crippen LogP contribution in [0.25, 0.3) is 22.5 Å². The molecule has 0 radical (unpaired) electrons. The van der Waals surface area contributed by atoms with Crippen LogP contribution in [-0.2, 0) is 14.9 Å². The zero-order valence-corrected chi connectivity index (χ0v) is 18.2. The molecule has 7 heteroatoms. The van der Waals surface area contributed by atoms with Crippen molar-refractivity contribution in [2.45, 2.75) is 31.6 Å². The monoisotopic (exact) mass is 444 g/mol. The molecule has 1 heterocycles. The SMILES string of the molecule is Cc1noc(-c2ccc(-c3ccc(C4(C(=O)O)C=C4)cc3)cc2)c1NC(=O)OCCC1CC1. The Morgan fingerprint density at radius 1 is 1.06 bits per heavy atom. The second-order valence-corrected chi connectivity index (χ2v) is 8.63. The molecule has 2 N–H and O–H groups in total. The highest BCUT2D eigenvalue weighted by molar-refractivity contribution is 5.92. The van der Waals surface area contributed by atoms with Gasteiger partial charge in [-0.15, -0.1) is 0 Å². The van der Waals surface area contributed by atoms with E-state index in [2.05, 4.69) is 10.5 Å². The molecule has 168 valence electrons. The van der Waals surface area contributed by atoms with E-state index in [1.54, 1.807) is 19.1 Å². The van der Waals surface area contributed by atoms with Gasteiger partial charge < -0.3 is 14.4 Å². The summed E-state index contributed by atoms with van der Waals surface area (Å²) in [5.74, 6) is 0.305. The smallest absolute Gasteiger partial charge is 0.411 e. The van der Waals surface area contributed by atoms with Crippen molar-refractivity contribution in [3.05, 3.63) is 71.9 Å². The number of rotatable bonds is 8. The Morgan fingerprint density at radius 3 is 2.24 bits per heavy atom. The number of aromatic nitrogens is 1. The van der Waals surface area contributed by atoms with E-state index in [9.17, 15) is 14.7 Å². The van der Waals surface area contributed by atoms with Crippen molar-refractivity contribution >= 4 is 17.7 Å². The highest BCUT2D eigenvalue weighted by Gasteiger charge is 2.44. The number of carboxylic acids is 1. The Hall–Kier alpha value is -3.87. The van der Waals surface area contributed by atoms with Crippen molar-refractivity contribution in [2.75, 3.05) is 11.9 Å². The summed E-state index contributed by atoms with van der Waals surface area (Å²) in [5.41, 5.74) is 3.59. The van der Waals surface area contributed by atoms with E-state index >= 15 is 0 Å². The summed E-state index contributed by atoms with van der Waals surface area (Å²) >= 11 is 0. The van der Waals surface area contributed by atoms with Gasteiger partial charge in [0.1, 0.15) is 16.8 Å². The molecule has 5 rings (SSSR count). The first-order chi connectivity index (χ1) is 16.0. The molecule has 0 aliphatic heterocycles. The Labute approximate surface area is 191 Å². The molecule has 1 aromatic heterocycles. The number of nitrogens with one attached hydrogen (secondary N) is 1. The van der Waals surface area contributed by atoms with E-state index < -0.39 is 17.5 Å².